The standard InChI is InChI=1S/C51H59N13O6/c52-46-44-45(34-6-9-39(10-7-34)70-38-4-2-1-3-5-38)56-64(47(44)54-33-53-46)36-16-18-59(19-17-36)35-14-20-61(21-15-35)51(69)62-30-26-58(27-31-62)23-22-57-24-28-60(29-25-57)37-8-11-40-41(32-37)50(68)63(49(40)67)42-12-13-43(65)55-48(42)66/h1-11,32-33,35-36,42H,12-31H2,(H2,52,53,54)(H,55,65,66). The van der Waals surface area contributed by atoms with Gasteiger partial charge in [-0.2, -0.15) is 5.10 Å². The topological polar surface area (TPSA) is 199 Å². The molecule has 0 bridgehead atoms. The Morgan fingerprint density at radius 1 is 0.671 bits per heavy atom. The fraction of sp³-hybridized carbons (Fsp3) is 0.451. The average molecular weight is 950 g/mol. The number of ether oxygens (including phenoxy) is 1. The van der Waals surface area contributed by atoms with E-state index in [0.717, 1.165) is 162 Å². The van der Waals surface area contributed by atoms with Crippen molar-refractivity contribution in [2.24, 2.45) is 0 Å². The molecular formula is C51H59N13O6. The molecule has 6 aliphatic heterocycles. The number of aromatic nitrogens is 4. The summed E-state index contributed by atoms with van der Waals surface area (Å²) < 4.78 is 8.09. The SMILES string of the molecule is Nc1ncnc2c1c(-c1ccc(Oc3ccccc3)cc1)nn2C1CCN(C2CCN(C(=O)N3CCN(CCN4CCN(c5ccc6c(c5)C(=O)N(C5CCC(=O)NC5=O)C6=O)CC4)CC3)CC2)CC1. The van der Waals surface area contributed by atoms with Crippen molar-refractivity contribution in [2.45, 2.75) is 56.7 Å². The Balaban J connectivity index is 0.606. The van der Waals surface area contributed by atoms with Gasteiger partial charge in [-0.1, -0.05) is 18.2 Å². The summed E-state index contributed by atoms with van der Waals surface area (Å²) in [5.41, 5.74) is 10.4. The first-order chi connectivity index (χ1) is 34.1. The number of para-hydroxylation sites is 1. The minimum atomic E-state index is -0.977. The highest BCUT2D eigenvalue weighted by molar-refractivity contribution is 6.23. The van der Waals surface area contributed by atoms with Crippen LogP contribution in [0, 0.1) is 0 Å². The van der Waals surface area contributed by atoms with E-state index < -0.39 is 29.7 Å². The number of imide groups is 2. The predicted molar refractivity (Wildman–Crippen MR) is 261 cm³/mol. The van der Waals surface area contributed by atoms with Crippen molar-refractivity contribution in [3.63, 3.8) is 0 Å². The number of anilines is 2. The van der Waals surface area contributed by atoms with Crippen LogP contribution < -0.4 is 20.7 Å². The summed E-state index contributed by atoms with van der Waals surface area (Å²) in [7, 11) is 0. The summed E-state index contributed by atoms with van der Waals surface area (Å²) >= 11 is 0. The van der Waals surface area contributed by atoms with Crippen LogP contribution in [0.2, 0.25) is 0 Å². The molecule has 3 N–H and O–H groups in total. The number of hydrogen-bond acceptors (Lipinski definition) is 14. The number of nitrogens with zero attached hydrogens (tertiary/aromatic N) is 11. The van der Waals surface area contributed by atoms with Crippen molar-refractivity contribution in [3.8, 4) is 22.8 Å². The second kappa shape index (κ2) is 19.4. The van der Waals surface area contributed by atoms with Crippen LogP contribution in [0.4, 0.5) is 16.3 Å². The molecule has 5 aromatic rings. The smallest absolute Gasteiger partial charge is 0.320 e. The zero-order valence-corrected chi connectivity index (χ0v) is 39.3. The zero-order chi connectivity index (χ0) is 47.9. The van der Waals surface area contributed by atoms with Crippen LogP contribution in [-0.2, 0) is 9.59 Å². The first kappa shape index (κ1) is 45.5. The lowest BCUT2D eigenvalue weighted by atomic mass is 9.98. The van der Waals surface area contributed by atoms with Gasteiger partial charge in [0.05, 0.1) is 22.6 Å². The van der Waals surface area contributed by atoms with E-state index >= 15 is 0 Å². The van der Waals surface area contributed by atoms with Crippen molar-refractivity contribution in [3.05, 3.63) is 90.3 Å². The highest BCUT2D eigenvalue weighted by Gasteiger charge is 2.45. The Morgan fingerprint density at radius 2 is 1.31 bits per heavy atom. The molecule has 70 heavy (non-hydrogen) atoms. The molecule has 1 unspecified atom stereocenters. The molecule has 19 nitrogen and oxygen atoms in total. The number of nitrogen functional groups attached to an aromatic ring is 1. The van der Waals surface area contributed by atoms with E-state index in [-0.39, 0.29) is 24.9 Å². The van der Waals surface area contributed by atoms with Crippen molar-refractivity contribution < 1.29 is 28.7 Å². The quantitative estimate of drug-likeness (QED) is 0.191. The van der Waals surface area contributed by atoms with Crippen LogP contribution in [0.3, 0.4) is 0 Å². The molecule has 0 spiro atoms. The number of hydrogen-bond donors (Lipinski definition) is 2. The van der Waals surface area contributed by atoms with Gasteiger partial charge in [-0.3, -0.25) is 39.2 Å². The number of rotatable bonds is 10. The Hall–Kier alpha value is -6.96. The molecule has 5 saturated heterocycles. The lowest BCUT2D eigenvalue weighted by molar-refractivity contribution is -0.136. The number of piperazine rings is 2. The fourth-order valence-electron chi connectivity index (χ4n) is 11.2. The molecule has 3 aromatic carbocycles. The normalized spacial score (nSPS) is 21.5. The van der Waals surface area contributed by atoms with Gasteiger partial charge >= 0.3 is 6.03 Å². The third kappa shape index (κ3) is 9.04. The molecule has 0 aliphatic carbocycles. The summed E-state index contributed by atoms with van der Waals surface area (Å²) in [5, 5.41) is 8.15. The maximum atomic E-state index is 13.7. The van der Waals surface area contributed by atoms with Crippen molar-refractivity contribution in [1.29, 1.82) is 0 Å². The maximum Gasteiger partial charge on any atom is 0.320 e. The number of carbonyl (C=O) groups excluding carboxylic acids is 5. The minimum absolute atomic E-state index is 0.0898. The number of amides is 6. The van der Waals surface area contributed by atoms with Gasteiger partial charge in [0.1, 0.15) is 35.4 Å². The van der Waals surface area contributed by atoms with Crippen LogP contribution in [0.5, 0.6) is 11.5 Å². The summed E-state index contributed by atoms with van der Waals surface area (Å²) in [6, 6.07) is 22.7. The summed E-state index contributed by atoms with van der Waals surface area (Å²) in [5.74, 6) is -0.0452. The van der Waals surface area contributed by atoms with E-state index in [2.05, 4.69) is 44.5 Å². The molecule has 364 valence electrons. The first-order valence-corrected chi connectivity index (χ1v) is 24.8. The number of nitrogens with two attached hydrogens (primary N) is 1. The molecule has 8 heterocycles. The molecule has 5 fully saturated rings. The molecule has 19 heteroatoms. The molecule has 0 radical (unpaired) electrons. The molecule has 1 atom stereocenters. The van der Waals surface area contributed by atoms with Gasteiger partial charge in [0.25, 0.3) is 11.8 Å². The molecule has 0 saturated carbocycles. The Bertz CT molecular complexity index is 2770. The zero-order valence-electron chi connectivity index (χ0n) is 39.3. The van der Waals surface area contributed by atoms with E-state index in [0.29, 0.717) is 23.0 Å². The third-order valence-electron chi connectivity index (χ3n) is 15.3. The predicted octanol–water partition coefficient (Wildman–Crippen LogP) is 3.93. The third-order valence-corrected chi connectivity index (χ3v) is 15.3. The van der Waals surface area contributed by atoms with Gasteiger partial charge in [-0.25, -0.2) is 19.4 Å². The van der Waals surface area contributed by atoms with Gasteiger partial charge < -0.3 is 30.1 Å². The monoisotopic (exact) mass is 949 g/mol. The molecule has 11 rings (SSSR count). The van der Waals surface area contributed by atoms with Crippen molar-refractivity contribution in [2.75, 3.05) is 102 Å². The van der Waals surface area contributed by atoms with Crippen LogP contribution in [0.1, 0.15) is 65.3 Å². The van der Waals surface area contributed by atoms with Crippen LogP contribution >= 0.6 is 0 Å². The highest BCUT2D eigenvalue weighted by atomic mass is 16.5. The van der Waals surface area contributed by atoms with Gasteiger partial charge in [0.15, 0.2) is 5.65 Å². The second-order valence-corrected chi connectivity index (χ2v) is 19.3. The molecule has 6 amide bonds. The lowest BCUT2D eigenvalue weighted by Gasteiger charge is -2.43. The minimum Gasteiger partial charge on any atom is -0.457 e. The Labute approximate surface area is 406 Å². The Kier molecular flexibility index (Phi) is 12.6. The van der Waals surface area contributed by atoms with E-state index in [1.54, 1.807) is 12.1 Å². The number of carbonyl (C=O) groups is 5. The highest BCUT2D eigenvalue weighted by Crippen LogP contribution is 2.37. The van der Waals surface area contributed by atoms with Gasteiger partial charge in [-0.15, -0.1) is 0 Å². The number of benzene rings is 3. The van der Waals surface area contributed by atoms with Crippen LogP contribution in [-0.4, -0.2) is 183 Å². The number of nitrogens with one attached hydrogen (secondary N) is 1. The Morgan fingerprint density at radius 3 is 2.01 bits per heavy atom. The average Bonchev–Trinajstić information content (AvgIpc) is 3.91. The summed E-state index contributed by atoms with van der Waals surface area (Å²) in [6.07, 6.45) is 5.58. The van der Waals surface area contributed by atoms with E-state index in [1.165, 1.54) is 6.33 Å². The summed E-state index contributed by atoms with van der Waals surface area (Å²) in [4.78, 5) is 88.3. The number of fused-ring (bicyclic) bond motifs is 2. The van der Waals surface area contributed by atoms with Gasteiger partial charge in [0, 0.05) is 115 Å². The molecular weight excluding hydrogens is 891 g/mol. The first-order valence-electron chi connectivity index (χ1n) is 24.8. The molecule has 6 aliphatic rings. The van der Waals surface area contributed by atoms with E-state index in [9.17, 15) is 24.0 Å². The maximum absolute atomic E-state index is 13.7. The molecule has 2 aromatic heterocycles. The van der Waals surface area contributed by atoms with E-state index in [4.69, 9.17) is 15.6 Å². The van der Waals surface area contributed by atoms with E-state index in [1.807, 2.05) is 65.6 Å². The van der Waals surface area contributed by atoms with Gasteiger partial charge in [-0.05, 0) is 86.7 Å². The second-order valence-electron chi connectivity index (χ2n) is 19.3. The summed E-state index contributed by atoms with van der Waals surface area (Å²) in [6.45, 7) is 11.8. The number of likely N-dealkylation sites (tertiary alicyclic amines) is 2. The lowest BCUT2D eigenvalue weighted by Crippen LogP contribution is -2.56. The van der Waals surface area contributed by atoms with Crippen molar-refractivity contribution in [1.82, 2.24) is 54.5 Å². The van der Waals surface area contributed by atoms with Gasteiger partial charge in [0.2, 0.25) is 11.8 Å². The largest absolute Gasteiger partial charge is 0.457 e. The fourth-order valence-corrected chi connectivity index (χ4v) is 11.2. The van der Waals surface area contributed by atoms with Crippen molar-refractivity contribution >= 4 is 52.2 Å². The van der Waals surface area contributed by atoms with Crippen LogP contribution in [0.25, 0.3) is 22.3 Å². The number of piperidine rings is 3. The number of urea groups is 1. The van der Waals surface area contributed by atoms with Crippen LogP contribution in [0.15, 0.2) is 79.1 Å².